The maximum Gasteiger partial charge on any atom is 0.252 e. The average Bonchev–Trinajstić information content (AvgIpc) is 2.71. The monoisotopic (exact) mass is 393 g/mol. The molecule has 2 aromatic carbocycles. The quantitative estimate of drug-likeness (QED) is 0.593. The molecular formula is C22H23N3O2S. The number of aromatic nitrogens is 2. The van der Waals surface area contributed by atoms with Gasteiger partial charge in [-0.25, -0.2) is 9.97 Å². The van der Waals surface area contributed by atoms with Crippen molar-refractivity contribution in [3.63, 3.8) is 0 Å². The summed E-state index contributed by atoms with van der Waals surface area (Å²) in [6.07, 6.45) is 4.13. The molecule has 0 unspecified atom stereocenters. The summed E-state index contributed by atoms with van der Waals surface area (Å²) < 4.78 is 5.92. The van der Waals surface area contributed by atoms with Crippen LogP contribution in [0.4, 0.5) is 0 Å². The molecule has 5 nitrogen and oxygen atoms in total. The Morgan fingerprint density at radius 1 is 1.07 bits per heavy atom. The van der Waals surface area contributed by atoms with Crippen LogP contribution in [0.1, 0.15) is 36.2 Å². The van der Waals surface area contributed by atoms with Crippen LogP contribution in [0.15, 0.2) is 70.8 Å². The van der Waals surface area contributed by atoms with Gasteiger partial charge in [0.15, 0.2) is 5.03 Å². The highest BCUT2D eigenvalue weighted by molar-refractivity contribution is 7.99. The highest BCUT2D eigenvalue weighted by atomic mass is 32.2. The van der Waals surface area contributed by atoms with E-state index in [0.29, 0.717) is 22.2 Å². The molecule has 28 heavy (non-hydrogen) atoms. The topological polar surface area (TPSA) is 64.1 Å². The summed E-state index contributed by atoms with van der Waals surface area (Å²) in [7, 11) is 0. The SMILES string of the molecule is CC[C@H](C)NC(=O)c1ccc(Oc2nccnc2Sc2ccc(C)cc2)cc1. The Kier molecular flexibility index (Phi) is 6.66. The Hall–Kier alpha value is -2.86. The lowest BCUT2D eigenvalue weighted by molar-refractivity contribution is 0.0939. The summed E-state index contributed by atoms with van der Waals surface area (Å²) in [5.74, 6) is 0.951. The highest BCUT2D eigenvalue weighted by Crippen LogP contribution is 2.33. The number of ether oxygens (including phenoxy) is 1. The van der Waals surface area contributed by atoms with Gasteiger partial charge in [0.05, 0.1) is 0 Å². The third kappa shape index (κ3) is 5.33. The van der Waals surface area contributed by atoms with Crippen LogP contribution >= 0.6 is 11.8 Å². The van der Waals surface area contributed by atoms with Gasteiger partial charge in [0.2, 0.25) is 0 Å². The maximum atomic E-state index is 12.2. The number of carbonyl (C=O) groups is 1. The molecule has 0 saturated heterocycles. The molecule has 6 heteroatoms. The first kappa shape index (κ1) is 19.9. The fourth-order valence-electron chi connectivity index (χ4n) is 2.37. The summed E-state index contributed by atoms with van der Waals surface area (Å²) >= 11 is 1.50. The molecule has 3 aromatic rings. The number of hydrogen-bond acceptors (Lipinski definition) is 5. The zero-order chi connectivity index (χ0) is 19.9. The molecule has 1 amide bonds. The Balaban J connectivity index is 1.71. The second-order valence-electron chi connectivity index (χ2n) is 6.49. The van der Waals surface area contributed by atoms with Gasteiger partial charge in [-0.15, -0.1) is 0 Å². The zero-order valence-corrected chi connectivity index (χ0v) is 17.0. The lowest BCUT2D eigenvalue weighted by Gasteiger charge is -2.12. The molecule has 0 radical (unpaired) electrons. The van der Waals surface area contributed by atoms with Crippen LogP contribution in [-0.2, 0) is 0 Å². The summed E-state index contributed by atoms with van der Waals surface area (Å²) in [6, 6.07) is 15.4. The standard InChI is InChI=1S/C22H23N3O2S/c1-4-16(3)25-20(26)17-7-9-18(10-8-17)27-21-22(24-14-13-23-21)28-19-11-5-15(2)6-12-19/h5-14,16H,4H2,1-3H3,(H,25,26)/t16-/m0/s1. The molecule has 1 atom stereocenters. The Labute approximate surface area is 169 Å². The van der Waals surface area contributed by atoms with E-state index in [4.69, 9.17) is 4.74 Å². The molecule has 0 aliphatic rings. The third-order valence-electron chi connectivity index (χ3n) is 4.19. The molecule has 0 aliphatic heterocycles. The average molecular weight is 394 g/mol. The molecule has 1 heterocycles. The largest absolute Gasteiger partial charge is 0.437 e. The van der Waals surface area contributed by atoms with Gasteiger partial charge < -0.3 is 10.1 Å². The summed E-state index contributed by atoms with van der Waals surface area (Å²) in [5, 5.41) is 3.64. The van der Waals surface area contributed by atoms with Crippen LogP contribution in [0.3, 0.4) is 0 Å². The minimum Gasteiger partial charge on any atom is -0.437 e. The predicted molar refractivity (Wildman–Crippen MR) is 111 cm³/mol. The first-order valence-corrected chi connectivity index (χ1v) is 10.0. The van der Waals surface area contributed by atoms with E-state index < -0.39 is 0 Å². The maximum absolute atomic E-state index is 12.2. The minimum absolute atomic E-state index is 0.0870. The van der Waals surface area contributed by atoms with Crippen molar-refractivity contribution in [3.8, 4) is 11.6 Å². The second kappa shape index (κ2) is 9.37. The van der Waals surface area contributed by atoms with Crippen molar-refractivity contribution >= 4 is 17.7 Å². The molecule has 0 fully saturated rings. The summed E-state index contributed by atoms with van der Waals surface area (Å²) in [4.78, 5) is 22.0. The second-order valence-corrected chi connectivity index (χ2v) is 7.55. The van der Waals surface area contributed by atoms with Gasteiger partial charge in [0, 0.05) is 28.9 Å². The number of amides is 1. The molecule has 0 spiro atoms. The Morgan fingerprint density at radius 2 is 1.75 bits per heavy atom. The number of nitrogens with one attached hydrogen (secondary N) is 1. The fraction of sp³-hybridized carbons (Fsp3) is 0.227. The van der Waals surface area contributed by atoms with Crippen LogP contribution in [0.5, 0.6) is 11.6 Å². The number of benzene rings is 2. The fourth-order valence-corrected chi connectivity index (χ4v) is 3.16. The van der Waals surface area contributed by atoms with Gasteiger partial charge >= 0.3 is 0 Å². The summed E-state index contributed by atoms with van der Waals surface area (Å²) in [5.41, 5.74) is 1.80. The van der Waals surface area contributed by atoms with Gasteiger partial charge in [-0.05, 0) is 56.7 Å². The van der Waals surface area contributed by atoms with Gasteiger partial charge in [0.25, 0.3) is 11.8 Å². The number of hydrogen-bond donors (Lipinski definition) is 1. The van der Waals surface area contributed by atoms with E-state index in [1.165, 1.54) is 17.3 Å². The van der Waals surface area contributed by atoms with Crippen molar-refractivity contribution in [2.45, 2.75) is 43.2 Å². The van der Waals surface area contributed by atoms with Crippen molar-refractivity contribution in [1.29, 1.82) is 0 Å². The van der Waals surface area contributed by atoms with Crippen LogP contribution in [-0.4, -0.2) is 21.9 Å². The number of aryl methyl sites for hydroxylation is 1. The van der Waals surface area contributed by atoms with Crippen LogP contribution in [0.25, 0.3) is 0 Å². The highest BCUT2D eigenvalue weighted by Gasteiger charge is 2.12. The van der Waals surface area contributed by atoms with Crippen LogP contribution in [0.2, 0.25) is 0 Å². The van der Waals surface area contributed by atoms with E-state index in [0.717, 1.165) is 11.3 Å². The molecule has 0 bridgehead atoms. The Morgan fingerprint density at radius 3 is 2.43 bits per heavy atom. The van der Waals surface area contributed by atoms with Gasteiger partial charge in [-0.3, -0.25) is 4.79 Å². The first-order chi connectivity index (χ1) is 13.5. The van der Waals surface area contributed by atoms with E-state index in [2.05, 4.69) is 34.3 Å². The molecule has 0 saturated carbocycles. The molecule has 1 N–H and O–H groups in total. The van der Waals surface area contributed by atoms with Crippen molar-refractivity contribution in [3.05, 3.63) is 72.1 Å². The lowest BCUT2D eigenvalue weighted by Crippen LogP contribution is -2.31. The van der Waals surface area contributed by atoms with Gasteiger partial charge in [-0.2, -0.15) is 0 Å². The lowest BCUT2D eigenvalue weighted by atomic mass is 10.2. The molecule has 0 aliphatic carbocycles. The Bertz CT molecular complexity index is 927. The minimum atomic E-state index is -0.0870. The van der Waals surface area contributed by atoms with Crippen molar-refractivity contribution in [1.82, 2.24) is 15.3 Å². The summed E-state index contributed by atoms with van der Waals surface area (Å²) in [6.45, 7) is 6.07. The van der Waals surface area contributed by atoms with E-state index in [1.54, 1.807) is 36.7 Å². The van der Waals surface area contributed by atoms with Gasteiger partial charge in [-0.1, -0.05) is 36.4 Å². The van der Waals surface area contributed by atoms with E-state index in [-0.39, 0.29) is 11.9 Å². The number of rotatable bonds is 7. The van der Waals surface area contributed by atoms with Crippen molar-refractivity contribution in [2.75, 3.05) is 0 Å². The van der Waals surface area contributed by atoms with Crippen LogP contribution < -0.4 is 10.1 Å². The molecule has 1 aromatic heterocycles. The third-order valence-corrected chi connectivity index (χ3v) is 5.17. The van der Waals surface area contributed by atoms with E-state index >= 15 is 0 Å². The van der Waals surface area contributed by atoms with Gasteiger partial charge in [0.1, 0.15) is 5.75 Å². The smallest absolute Gasteiger partial charge is 0.252 e. The first-order valence-electron chi connectivity index (χ1n) is 9.19. The molecule has 144 valence electrons. The normalized spacial score (nSPS) is 11.7. The number of carbonyl (C=O) groups excluding carboxylic acids is 1. The predicted octanol–water partition coefficient (Wildman–Crippen LogP) is 5.26. The number of nitrogens with zero attached hydrogens (tertiary/aromatic N) is 2. The molecule has 3 rings (SSSR count). The van der Waals surface area contributed by atoms with E-state index in [1.807, 2.05) is 26.0 Å². The van der Waals surface area contributed by atoms with Crippen LogP contribution in [0, 0.1) is 6.92 Å². The molecular weight excluding hydrogens is 370 g/mol. The zero-order valence-electron chi connectivity index (χ0n) is 16.2. The van der Waals surface area contributed by atoms with E-state index in [9.17, 15) is 4.79 Å². The van der Waals surface area contributed by atoms with Crippen molar-refractivity contribution in [2.24, 2.45) is 0 Å². The van der Waals surface area contributed by atoms with Crippen molar-refractivity contribution < 1.29 is 9.53 Å².